The molecule has 4 heteroatoms. The number of aromatic nitrogens is 1. The first-order valence-corrected chi connectivity index (χ1v) is 8.85. The van der Waals surface area contributed by atoms with E-state index in [0.29, 0.717) is 11.3 Å². The molecule has 2 aromatic carbocycles. The van der Waals surface area contributed by atoms with Crippen LogP contribution < -0.4 is 5.32 Å². The van der Waals surface area contributed by atoms with Gasteiger partial charge in [-0.15, -0.1) is 0 Å². The molecule has 0 saturated carbocycles. The maximum Gasteiger partial charge on any atom is 0.251 e. The molecule has 1 aromatic heterocycles. The van der Waals surface area contributed by atoms with Crippen molar-refractivity contribution < 1.29 is 4.79 Å². The quantitative estimate of drug-likeness (QED) is 0.656. The lowest BCUT2D eigenvalue weighted by Gasteiger charge is -2.11. The summed E-state index contributed by atoms with van der Waals surface area (Å²) in [5.74, 6) is -0.0913. The normalized spacial score (nSPS) is 10.7. The first kappa shape index (κ1) is 17.8. The molecule has 132 valence electrons. The molecule has 1 heterocycles. The van der Waals surface area contributed by atoms with Crippen LogP contribution in [0, 0.1) is 12.3 Å². The van der Waals surface area contributed by atoms with Crippen molar-refractivity contribution >= 4 is 22.5 Å². The first-order valence-electron chi connectivity index (χ1n) is 8.85. The van der Waals surface area contributed by atoms with Gasteiger partial charge >= 0.3 is 0 Å². The number of carbonyl (C=O) groups is 1. The Morgan fingerprint density at radius 1 is 1.08 bits per heavy atom. The minimum absolute atomic E-state index is 0.0913. The molecule has 0 aliphatic heterocycles. The van der Waals surface area contributed by atoms with Gasteiger partial charge in [-0.1, -0.05) is 37.6 Å². The van der Waals surface area contributed by atoms with E-state index in [1.165, 1.54) is 0 Å². The Morgan fingerprint density at radius 3 is 2.42 bits per heavy atom. The van der Waals surface area contributed by atoms with Crippen molar-refractivity contribution in [3.05, 3.63) is 65.4 Å². The molecule has 1 amide bonds. The third-order valence-electron chi connectivity index (χ3n) is 4.47. The van der Waals surface area contributed by atoms with Crippen LogP contribution >= 0.6 is 0 Å². The number of nitrogens with zero attached hydrogens (tertiary/aromatic N) is 1. The fourth-order valence-electron chi connectivity index (χ4n) is 3.13. The lowest BCUT2D eigenvalue weighted by Crippen LogP contribution is -2.17. The summed E-state index contributed by atoms with van der Waals surface area (Å²) in [6.45, 7) is 4.05. The smallest absolute Gasteiger partial charge is 0.251 e. The van der Waals surface area contributed by atoms with Gasteiger partial charge in [-0.3, -0.25) is 9.78 Å². The van der Waals surface area contributed by atoms with E-state index in [0.717, 1.165) is 46.1 Å². The van der Waals surface area contributed by atoms with Gasteiger partial charge in [0.25, 0.3) is 5.91 Å². The van der Waals surface area contributed by atoms with E-state index in [4.69, 9.17) is 5.41 Å². The third kappa shape index (κ3) is 3.49. The predicted octanol–water partition coefficient (Wildman–Crippen LogP) is 4.74. The lowest BCUT2D eigenvalue weighted by atomic mass is 9.97. The van der Waals surface area contributed by atoms with E-state index in [-0.39, 0.29) is 5.91 Å². The molecule has 0 fully saturated rings. The molecule has 0 radical (unpaired) electrons. The number of pyridine rings is 1. The van der Waals surface area contributed by atoms with Crippen LogP contribution in [0.2, 0.25) is 0 Å². The van der Waals surface area contributed by atoms with Gasteiger partial charge in [0.2, 0.25) is 0 Å². The van der Waals surface area contributed by atoms with Crippen molar-refractivity contribution in [2.45, 2.75) is 26.7 Å². The van der Waals surface area contributed by atoms with E-state index in [1.54, 1.807) is 7.05 Å². The number of benzene rings is 2. The number of nitrogens with one attached hydrogen (secondary N) is 2. The Morgan fingerprint density at radius 2 is 1.77 bits per heavy atom. The van der Waals surface area contributed by atoms with Crippen LogP contribution in [-0.4, -0.2) is 23.7 Å². The Balaban J connectivity index is 2.04. The summed E-state index contributed by atoms with van der Waals surface area (Å²) in [5.41, 5.74) is 6.16. The maximum atomic E-state index is 11.7. The molecule has 0 aliphatic carbocycles. The summed E-state index contributed by atoms with van der Waals surface area (Å²) in [4.78, 5) is 16.4. The van der Waals surface area contributed by atoms with Crippen LogP contribution in [0.15, 0.2) is 48.5 Å². The zero-order valence-electron chi connectivity index (χ0n) is 15.4. The summed E-state index contributed by atoms with van der Waals surface area (Å²) in [5, 5.41) is 12.0. The van der Waals surface area contributed by atoms with Gasteiger partial charge in [0, 0.05) is 35.0 Å². The SMILES string of the molecule is CCCC(=N)c1cc(C)nc2cc(-c3ccc(C(=O)NC)cc3)ccc12. The van der Waals surface area contributed by atoms with Gasteiger partial charge in [0.05, 0.1) is 5.52 Å². The molecule has 0 spiro atoms. The van der Waals surface area contributed by atoms with Gasteiger partial charge in [-0.2, -0.15) is 0 Å². The van der Waals surface area contributed by atoms with Crippen molar-refractivity contribution in [1.29, 1.82) is 5.41 Å². The molecule has 26 heavy (non-hydrogen) atoms. The second-order valence-electron chi connectivity index (χ2n) is 6.43. The van der Waals surface area contributed by atoms with Crippen LogP contribution in [0.25, 0.3) is 22.0 Å². The minimum Gasteiger partial charge on any atom is -0.355 e. The van der Waals surface area contributed by atoms with E-state index in [2.05, 4.69) is 29.4 Å². The van der Waals surface area contributed by atoms with Gasteiger partial charge in [-0.05, 0) is 48.7 Å². The topological polar surface area (TPSA) is 65.8 Å². The van der Waals surface area contributed by atoms with Crippen LogP contribution in [0.5, 0.6) is 0 Å². The monoisotopic (exact) mass is 345 g/mol. The summed E-state index contributed by atoms with van der Waals surface area (Å²) in [6, 6.07) is 15.7. The molecular weight excluding hydrogens is 322 g/mol. The van der Waals surface area contributed by atoms with E-state index in [1.807, 2.05) is 43.3 Å². The number of hydrogen-bond acceptors (Lipinski definition) is 3. The average molecular weight is 345 g/mol. The molecule has 0 saturated heterocycles. The van der Waals surface area contributed by atoms with Gasteiger partial charge < -0.3 is 10.7 Å². The summed E-state index contributed by atoms with van der Waals surface area (Å²) >= 11 is 0. The zero-order valence-corrected chi connectivity index (χ0v) is 15.4. The van der Waals surface area contributed by atoms with Crippen LogP contribution in [0.3, 0.4) is 0 Å². The molecule has 4 nitrogen and oxygen atoms in total. The molecule has 2 N–H and O–H groups in total. The zero-order chi connectivity index (χ0) is 18.7. The molecule has 0 unspecified atom stereocenters. The number of aryl methyl sites for hydroxylation is 1. The van der Waals surface area contributed by atoms with E-state index < -0.39 is 0 Å². The van der Waals surface area contributed by atoms with Crippen molar-refractivity contribution in [2.24, 2.45) is 0 Å². The van der Waals surface area contributed by atoms with Crippen LogP contribution in [-0.2, 0) is 0 Å². The first-order chi connectivity index (χ1) is 12.5. The highest BCUT2D eigenvalue weighted by Gasteiger charge is 2.10. The molecule has 3 aromatic rings. The summed E-state index contributed by atoms with van der Waals surface area (Å²) in [6.07, 6.45) is 1.72. The van der Waals surface area contributed by atoms with Gasteiger partial charge in [0.15, 0.2) is 0 Å². The highest BCUT2D eigenvalue weighted by Crippen LogP contribution is 2.27. The molecule has 0 atom stereocenters. The van der Waals surface area contributed by atoms with Crippen molar-refractivity contribution in [3.8, 4) is 11.1 Å². The highest BCUT2D eigenvalue weighted by molar-refractivity contribution is 6.09. The Bertz CT molecular complexity index is 975. The standard InChI is InChI=1S/C22H23N3O/c1-4-5-20(23)19-12-14(2)25-21-13-17(10-11-18(19)21)15-6-8-16(9-7-15)22(26)24-3/h6-13,23H,4-5H2,1-3H3,(H,24,26). The molecular formula is C22H23N3O. The molecule has 0 bridgehead atoms. The highest BCUT2D eigenvalue weighted by atomic mass is 16.1. The van der Waals surface area contributed by atoms with Crippen LogP contribution in [0.1, 0.15) is 41.4 Å². The Kier molecular flexibility index (Phi) is 5.12. The largest absolute Gasteiger partial charge is 0.355 e. The van der Waals surface area contributed by atoms with Gasteiger partial charge in [0.1, 0.15) is 0 Å². The second-order valence-corrected chi connectivity index (χ2v) is 6.43. The lowest BCUT2D eigenvalue weighted by molar-refractivity contribution is 0.0963. The summed E-state index contributed by atoms with van der Waals surface area (Å²) in [7, 11) is 1.63. The second kappa shape index (κ2) is 7.48. The third-order valence-corrected chi connectivity index (χ3v) is 4.47. The summed E-state index contributed by atoms with van der Waals surface area (Å²) < 4.78 is 0. The van der Waals surface area contributed by atoms with E-state index >= 15 is 0 Å². The number of carbonyl (C=O) groups excluding carboxylic acids is 1. The minimum atomic E-state index is -0.0913. The van der Waals surface area contributed by atoms with Gasteiger partial charge in [-0.25, -0.2) is 0 Å². The number of hydrogen-bond donors (Lipinski definition) is 2. The van der Waals surface area contributed by atoms with Crippen molar-refractivity contribution in [3.63, 3.8) is 0 Å². The number of amides is 1. The fraction of sp³-hybridized carbons (Fsp3) is 0.227. The molecule has 0 aliphatic rings. The number of fused-ring (bicyclic) bond motifs is 1. The molecule has 3 rings (SSSR count). The van der Waals surface area contributed by atoms with Crippen LogP contribution in [0.4, 0.5) is 0 Å². The van der Waals surface area contributed by atoms with Crippen molar-refractivity contribution in [2.75, 3.05) is 7.05 Å². The van der Waals surface area contributed by atoms with E-state index in [9.17, 15) is 4.79 Å². The van der Waals surface area contributed by atoms with Crippen molar-refractivity contribution in [1.82, 2.24) is 10.3 Å². The predicted molar refractivity (Wildman–Crippen MR) is 107 cm³/mol. The number of rotatable bonds is 5. The Hall–Kier alpha value is -3.01. The Labute approximate surface area is 153 Å². The fourth-order valence-corrected chi connectivity index (χ4v) is 3.13. The average Bonchev–Trinajstić information content (AvgIpc) is 2.66. The maximum absolute atomic E-state index is 11.7.